The molecule has 0 bridgehead atoms. The molecule has 5 nitrogen and oxygen atoms in total. The molecule has 21 heavy (non-hydrogen) atoms. The molecular weight excluding hydrogens is 332 g/mol. The van der Waals surface area contributed by atoms with Gasteiger partial charge in [-0.1, -0.05) is 39.6 Å². The lowest BCUT2D eigenvalue weighted by molar-refractivity contribution is 0.273. The molecule has 0 amide bonds. The van der Waals surface area contributed by atoms with E-state index in [1.807, 2.05) is 0 Å². The lowest BCUT2D eigenvalue weighted by Gasteiger charge is -2.39. The van der Waals surface area contributed by atoms with Gasteiger partial charge in [0, 0.05) is 10.7 Å². The van der Waals surface area contributed by atoms with Gasteiger partial charge in [-0.15, -0.1) is 0 Å². The molecule has 1 aliphatic rings. The highest BCUT2D eigenvalue weighted by atomic mass is 79.9. The Labute approximate surface area is 129 Å². The Morgan fingerprint density at radius 2 is 2.00 bits per heavy atom. The van der Waals surface area contributed by atoms with E-state index in [4.69, 9.17) is 4.52 Å². The Kier molecular flexibility index (Phi) is 2.92. The summed E-state index contributed by atoms with van der Waals surface area (Å²) in [6, 6.07) is 8.40. The quantitative estimate of drug-likeness (QED) is 0.786. The SMILES string of the molecule is Brc1ccc(C2(c3noc(-c4cn[nH]c4)n3)CCC2)cc1. The fourth-order valence-electron chi connectivity index (χ4n) is 2.84. The number of aromatic nitrogens is 4. The van der Waals surface area contributed by atoms with Crippen LogP contribution in [0.3, 0.4) is 0 Å². The molecule has 0 spiro atoms. The Morgan fingerprint density at radius 3 is 2.62 bits per heavy atom. The van der Waals surface area contributed by atoms with Crippen molar-refractivity contribution in [1.82, 2.24) is 20.3 Å². The molecule has 1 N–H and O–H groups in total. The first kappa shape index (κ1) is 12.8. The summed E-state index contributed by atoms with van der Waals surface area (Å²) in [6.07, 6.45) is 6.73. The van der Waals surface area contributed by atoms with E-state index in [2.05, 4.69) is 60.5 Å². The number of nitrogens with one attached hydrogen (secondary N) is 1. The molecule has 1 saturated carbocycles. The van der Waals surface area contributed by atoms with Crippen molar-refractivity contribution in [2.75, 3.05) is 0 Å². The number of halogens is 1. The van der Waals surface area contributed by atoms with Crippen LogP contribution in [-0.4, -0.2) is 20.3 Å². The Hall–Kier alpha value is -1.95. The van der Waals surface area contributed by atoms with Crippen LogP contribution in [0.5, 0.6) is 0 Å². The number of aromatic amines is 1. The molecular formula is C15H13BrN4O. The predicted molar refractivity (Wildman–Crippen MR) is 80.7 cm³/mol. The third kappa shape index (κ3) is 2.01. The average molecular weight is 345 g/mol. The summed E-state index contributed by atoms with van der Waals surface area (Å²) in [7, 11) is 0. The monoisotopic (exact) mass is 344 g/mol. The van der Waals surface area contributed by atoms with Gasteiger partial charge < -0.3 is 4.52 Å². The Balaban J connectivity index is 1.75. The van der Waals surface area contributed by atoms with Gasteiger partial charge >= 0.3 is 0 Å². The van der Waals surface area contributed by atoms with E-state index in [1.54, 1.807) is 12.4 Å². The van der Waals surface area contributed by atoms with Crippen molar-refractivity contribution in [3.05, 3.63) is 52.5 Å². The summed E-state index contributed by atoms with van der Waals surface area (Å²) in [6.45, 7) is 0. The normalized spacial score (nSPS) is 16.6. The van der Waals surface area contributed by atoms with Crippen LogP contribution in [0.2, 0.25) is 0 Å². The molecule has 1 fully saturated rings. The first-order valence-electron chi connectivity index (χ1n) is 6.87. The van der Waals surface area contributed by atoms with Gasteiger partial charge in [0.2, 0.25) is 0 Å². The van der Waals surface area contributed by atoms with E-state index >= 15 is 0 Å². The zero-order chi connectivity index (χ0) is 14.3. The van der Waals surface area contributed by atoms with Crippen molar-refractivity contribution in [3.8, 4) is 11.5 Å². The molecule has 1 aliphatic carbocycles. The predicted octanol–water partition coefficient (Wildman–Crippen LogP) is 3.69. The number of hydrogen-bond acceptors (Lipinski definition) is 4. The van der Waals surface area contributed by atoms with E-state index in [-0.39, 0.29) is 5.41 Å². The van der Waals surface area contributed by atoms with Crippen LogP contribution in [0.25, 0.3) is 11.5 Å². The Bertz CT molecular complexity index is 744. The summed E-state index contributed by atoms with van der Waals surface area (Å²) >= 11 is 3.48. The average Bonchev–Trinajstić information content (AvgIpc) is 3.10. The molecule has 4 rings (SSSR count). The van der Waals surface area contributed by atoms with E-state index in [0.29, 0.717) is 5.89 Å². The van der Waals surface area contributed by atoms with E-state index in [1.165, 1.54) is 12.0 Å². The van der Waals surface area contributed by atoms with Crippen LogP contribution in [0, 0.1) is 0 Å². The maximum Gasteiger partial charge on any atom is 0.261 e. The van der Waals surface area contributed by atoms with Crippen LogP contribution < -0.4 is 0 Å². The minimum absolute atomic E-state index is 0.105. The summed E-state index contributed by atoms with van der Waals surface area (Å²) in [5.74, 6) is 1.29. The van der Waals surface area contributed by atoms with Gasteiger partial charge in [0.1, 0.15) is 0 Å². The van der Waals surface area contributed by atoms with Gasteiger partial charge in [-0.2, -0.15) is 10.1 Å². The van der Waals surface area contributed by atoms with Crippen molar-refractivity contribution in [2.24, 2.45) is 0 Å². The molecule has 0 unspecified atom stereocenters. The number of rotatable bonds is 3. The molecule has 0 saturated heterocycles. The fourth-order valence-corrected chi connectivity index (χ4v) is 3.11. The van der Waals surface area contributed by atoms with Crippen LogP contribution in [-0.2, 0) is 5.41 Å². The molecule has 106 valence electrons. The molecule has 1 aromatic carbocycles. The maximum atomic E-state index is 5.41. The third-order valence-corrected chi connectivity index (χ3v) is 4.73. The van der Waals surface area contributed by atoms with Gasteiger partial charge in [0.15, 0.2) is 5.82 Å². The van der Waals surface area contributed by atoms with Gasteiger partial charge in [0.05, 0.1) is 17.2 Å². The highest BCUT2D eigenvalue weighted by Gasteiger charge is 2.44. The second kappa shape index (κ2) is 4.80. The van der Waals surface area contributed by atoms with Gasteiger partial charge in [-0.25, -0.2) is 0 Å². The number of nitrogens with zero attached hydrogens (tertiary/aromatic N) is 3. The second-order valence-electron chi connectivity index (χ2n) is 5.35. The van der Waals surface area contributed by atoms with Crippen molar-refractivity contribution in [3.63, 3.8) is 0 Å². The van der Waals surface area contributed by atoms with Crippen molar-refractivity contribution in [2.45, 2.75) is 24.7 Å². The molecule has 0 atom stereocenters. The smallest absolute Gasteiger partial charge is 0.261 e. The number of benzene rings is 1. The van der Waals surface area contributed by atoms with Crippen LogP contribution >= 0.6 is 15.9 Å². The summed E-state index contributed by atoms with van der Waals surface area (Å²) < 4.78 is 6.48. The highest BCUT2D eigenvalue weighted by molar-refractivity contribution is 9.10. The zero-order valence-electron chi connectivity index (χ0n) is 11.2. The van der Waals surface area contributed by atoms with E-state index < -0.39 is 0 Å². The lowest BCUT2D eigenvalue weighted by Crippen LogP contribution is -2.36. The summed E-state index contributed by atoms with van der Waals surface area (Å²) in [5.41, 5.74) is 1.96. The van der Waals surface area contributed by atoms with Crippen molar-refractivity contribution >= 4 is 15.9 Å². The molecule has 2 heterocycles. The standard InChI is InChI=1S/C15H13BrN4O/c16-12-4-2-11(3-5-12)15(6-1-7-15)14-19-13(21-20-14)10-8-17-18-9-10/h2-5,8-9H,1,6-7H2,(H,17,18). The first-order chi connectivity index (χ1) is 10.3. The molecule has 0 radical (unpaired) electrons. The summed E-state index contributed by atoms with van der Waals surface area (Å²) in [5, 5.41) is 10.9. The Morgan fingerprint density at radius 1 is 1.19 bits per heavy atom. The number of H-pyrrole nitrogens is 1. The van der Waals surface area contributed by atoms with Crippen LogP contribution in [0.4, 0.5) is 0 Å². The van der Waals surface area contributed by atoms with Gasteiger partial charge in [-0.3, -0.25) is 5.10 Å². The minimum atomic E-state index is -0.105. The number of hydrogen-bond donors (Lipinski definition) is 1. The largest absolute Gasteiger partial charge is 0.334 e. The lowest BCUT2D eigenvalue weighted by atomic mass is 9.64. The van der Waals surface area contributed by atoms with Crippen LogP contribution in [0.1, 0.15) is 30.7 Å². The zero-order valence-corrected chi connectivity index (χ0v) is 12.8. The van der Waals surface area contributed by atoms with E-state index in [0.717, 1.165) is 28.7 Å². The van der Waals surface area contributed by atoms with Crippen molar-refractivity contribution < 1.29 is 4.52 Å². The second-order valence-corrected chi connectivity index (χ2v) is 6.27. The third-order valence-electron chi connectivity index (χ3n) is 4.20. The first-order valence-corrected chi connectivity index (χ1v) is 7.67. The van der Waals surface area contributed by atoms with Gasteiger partial charge in [-0.05, 0) is 30.5 Å². The fraction of sp³-hybridized carbons (Fsp3) is 0.267. The molecule has 2 aromatic heterocycles. The molecule has 0 aliphatic heterocycles. The van der Waals surface area contributed by atoms with Crippen molar-refractivity contribution in [1.29, 1.82) is 0 Å². The summed E-state index contributed by atoms with van der Waals surface area (Å²) in [4.78, 5) is 4.60. The molecule has 6 heteroatoms. The van der Waals surface area contributed by atoms with Crippen LogP contribution in [0.15, 0.2) is 45.7 Å². The minimum Gasteiger partial charge on any atom is -0.334 e. The molecule has 3 aromatic rings. The highest BCUT2D eigenvalue weighted by Crippen LogP contribution is 2.48. The topological polar surface area (TPSA) is 67.6 Å². The maximum absolute atomic E-state index is 5.41. The van der Waals surface area contributed by atoms with Gasteiger partial charge in [0.25, 0.3) is 5.89 Å². The van der Waals surface area contributed by atoms with E-state index in [9.17, 15) is 0 Å².